The Morgan fingerprint density at radius 3 is 2.47 bits per heavy atom. The molecule has 6 nitrogen and oxygen atoms in total. The zero-order chi connectivity index (χ0) is 14.8. The van der Waals surface area contributed by atoms with Crippen molar-refractivity contribution in [1.29, 1.82) is 0 Å². The van der Waals surface area contributed by atoms with Gasteiger partial charge in [-0.05, 0) is 19.8 Å². The van der Waals surface area contributed by atoms with Crippen molar-refractivity contribution < 1.29 is 22.7 Å². The van der Waals surface area contributed by atoms with E-state index in [4.69, 9.17) is 9.52 Å². The van der Waals surface area contributed by atoms with Gasteiger partial charge in [0.05, 0.1) is 0 Å². The lowest BCUT2D eigenvalue weighted by molar-refractivity contribution is 0.0661. The second-order valence-corrected chi connectivity index (χ2v) is 6.31. The zero-order valence-electron chi connectivity index (χ0n) is 11.4. The fraction of sp³-hybridized carbons (Fsp3) is 0.583. The van der Waals surface area contributed by atoms with E-state index in [2.05, 4.69) is 4.72 Å². The van der Waals surface area contributed by atoms with E-state index in [0.717, 1.165) is 12.5 Å². The third-order valence-electron chi connectivity index (χ3n) is 3.21. The van der Waals surface area contributed by atoms with Crippen molar-refractivity contribution in [2.24, 2.45) is 5.92 Å². The van der Waals surface area contributed by atoms with Gasteiger partial charge >= 0.3 is 5.97 Å². The Bertz CT molecular complexity index is 561. The number of sulfonamides is 1. The molecular weight excluding hydrogens is 270 g/mol. The summed E-state index contributed by atoms with van der Waals surface area (Å²) in [4.78, 5) is 10.6. The van der Waals surface area contributed by atoms with Gasteiger partial charge in [-0.3, -0.25) is 0 Å². The van der Waals surface area contributed by atoms with E-state index in [1.165, 1.54) is 6.92 Å². The number of carboxylic acids is 1. The first-order valence-corrected chi connectivity index (χ1v) is 7.53. The molecule has 7 heteroatoms. The molecule has 1 aromatic rings. The Morgan fingerprint density at radius 1 is 1.47 bits per heavy atom. The van der Waals surface area contributed by atoms with Crippen molar-refractivity contribution in [2.45, 2.75) is 45.1 Å². The Morgan fingerprint density at radius 2 is 2.05 bits per heavy atom. The van der Waals surface area contributed by atoms with Gasteiger partial charge in [-0.15, -0.1) is 0 Å². The van der Waals surface area contributed by atoms with E-state index in [-0.39, 0.29) is 28.4 Å². The van der Waals surface area contributed by atoms with E-state index < -0.39 is 16.0 Å². The summed E-state index contributed by atoms with van der Waals surface area (Å²) < 4.78 is 31.8. The van der Waals surface area contributed by atoms with Crippen LogP contribution in [-0.2, 0) is 10.0 Å². The number of aryl methyl sites for hydroxylation is 1. The van der Waals surface area contributed by atoms with Crippen LogP contribution in [0.4, 0.5) is 0 Å². The molecule has 0 fully saturated rings. The van der Waals surface area contributed by atoms with Crippen LogP contribution in [0.3, 0.4) is 0 Å². The highest BCUT2D eigenvalue weighted by atomic mass is 32.2. The van der Waals surface area contributed by atoms with Crippen LogP contribution in [0.5, 0.6) is 0 Å². The van der Waals surface area contributed by atoms with Crippen molar-refractivity contribution in [1.82, 2.24) is 4.72 Å². The highest BCUT2D eigenvalue weighted by Crippen LogP contribution is 2.21. The molecule has 0 spiro atoms. The number of rotatable bonds is 6. The van der Waals surface area contributed by atoms with Gasteiger partial charge in [0, 0.05) is 12.1 Å². The third kappa shape index (κ3) is 3.57. The molecule has 0 aliphatic rings. The SMILES string of the molecule is CCC(C)C(C)NS(=O)(=O)c1cc(C(=O)O)oc1C. The van der Waals surface area contributed by atoms with Crippen molar-refractivity contribution in [2.75, 3.05) is 0 Å². The lowest BCUT2D eigenvalue weighted by atomic mass is 10.0. The van der Waals surface area contributed by atoms with Crippen LogP contribution in [0, 0.1) is 12.8 Å². The van der Waals surface area contributed by atoms with Crippen molar-refractivity contribution in [3.05, 3.63) is 17.6 Å². The largest absolute Gasteiger partial charge is 0.475 e. The summed E-state index contributed by atoms with van der Waals surface area (Å²) in [5.74, 6) is -1.42. The predicted molar refractivity (Wildman–Crippen MR) is 69.6 cm³/mol. The molecule has 2 unspecified atom stereocenters. The summed E-state index contributed by atoms with van der Waals surface area (Å²) >= 11 is 0. The second-order valence-electron chi connectivity index (χ2n) is 4.63. The molecule has 2 N–H and O–H groups in total. The van der Waals surface area contributed by atoms with Crippen LogP contribution < -0.4 is 4.72 Å². The van der Waals surface area contributed by atoms with Crippen LogP contribution in [0.15, 0.2) is 15.4 Å². The summed E-state index contributed by atoms with van der Waals surface area (Å²) in [5.41, 5.74) is 0. The van der Waals surface area contributed by atoms with E-state index in [1.807, 2.05) is 13.8 Å². The first-order chi connectivity index (χ1) is 8.69. The van der Waals surface area contributed by atoms with Crippen LogP contribution >= 0.6 is 0 Å². The maximum atomic E-state index is 12.2. The standard InChI is InChI=1S/C12H19NO5S/c1-5-7(2)8(3)13-19(16,17)11-6-10(12(14)15)18-9(11)4/h6-8,13H,5H2,1-4H3,(H,14,15). The number of aromatic carboxylic acids is 1. The minimum Gasteiger partial charge on any atom is -0.475 e. The van der Waals surface area contributed by atoms with E-state index >= 15 is 0 Å². The molecule has 0 aromatic carbocycles. The molecular formula is C12H19NO5S. The zero-order valence-corrected chi connectivity index (χ0v) is 12.2. The fourth-order valence-corrected chi connectivity index (χ4v) is 3.15. The number of carboxylic acid groups (broad SMARTS) is 1. The molecule has 0 amide bonds. The predicted octanol–water partition coefficient (Wildman–Crippen LogP) is 2.00. The molecule has 0 saturated heterocycles. The molecule has 0 aliphatic carbocycles. The van der Waals surface area contributed by atoms with Gasteiger partial charge in [-0.2, -0.15) is 0 Å². The van der Waals surface area contributed by atoms with Gasteiger partial charge in [0.25, 0.3) is 0 Å². The summed E-state index contributed by atoms with van der Waals surface area (Å²) in [6.45, 7) is 7.12. The van der Waals surface area contributed by atoms with Crippen LogP contribution in [0.25, 0.3) is 0 Å². The third-order valence-corrected chi connectivity index (χ3v) is 4.88. The first kappa shape index (κ1) is 15.7. The lowest BCUT2D eigenvalue weighted by Gasteiger charge is -2.19. The summed E-state index contributed by atoms with van der Waals surface area (Å²) in [5, 5.41) is 8.79. The molecule has 0 radical (unpaired) electrons. The molecule has 0 saturated carbocycles. The Balaban J connectivity index is 3.04. The summed E-state index contributed by atoms with van der Waals surface area (Å²) in [7, 11) is -3.77. The maximum absolute atomic E-state index is 12.2. The minimum atomic E-state index is -3.77. The normalized spacial score (nSPS) is 15.2. The number of hydrogen-bond donors (Lipinski definition) is 2. The molecule has 0 aliphatic heterocycles. The van der Waals surface area contributed by atoms with Crippen LogP contribution in [0.2, 0.25) is 0 Å². The Hall–Kier alpha value is -1.34. The minimum absolute atomic E-state index is 0.0706. The van der Waals surface area contributed by atoms with Gasteiger partial charge in [-0.25, -0.2) is 17.9 Å². The molecule has 1 rings (SSSR count). The maximum Gasteiger partial charge on any atom is 0.371 e. The monoisotopic (exact) mass is 289 g/mol. The quantitative estimate of drug-likeness (QED) is 0.835. The van der Waals surface area contributed by atoms with Gasteiger partial charge in [-0.1, -0.05) is 20.3 Å². The molecule has 1 heterocycles. The van der Waals surface area contributed by atoms with Crippen LogP contribution in [0.1, 0.15) is 43.5 Å². The number of nitrogens with one attached hydrogen (secondary N) is 1. The van der Waals surface area contributed by atoms with Gasteiger partial charge in [0.15, 0.2) is 0 Å². The van der Waals surface area contributed by atoms with Crippen molar-refractivity contribution in [3.8, 4) is 0 Å². The van der Waals surface area contributed by atoms with E-state index in [9.17, 15) is 13.2 Å². The van der Waals surface area contributed by atoms with Crippen molar-refractivity contribution >= 4 is 16.0 Å². The van der Waals surface area contributed by atoms with E-state index in [0.29, 0.717) is 0 Å². The molecule has 0 bridgehead atoms. The molecule has 108 valence electrons. The molecule has 2 atom stereocenters. The first-order valence-electron chi connectivity index (χ1n) is 6.05. The Kier molecular flexibility index (Phi) is 4.75. The van der Waals surface area contributed by atoms with Crippen LogP contribution in [-0.4, -0.2) is 25.5 Å². The topological polar surface area (TPSA) is 96.6 Å². The van der Waals surface area contributed by atoms with Gasteiger partial charge in [0.1, 0.15) is 10.7 Å². The Labute approximate surface area is 112 Å². The highest BCUT2D eigenvalue weighted by molar-refractivity contribution is 7.89. The van der Waals surface area contributed by atoms with Gasteiger partial charge in [0.2, 0.25) is 15.8 Å². The smallest absolute Gasteiger partial charge is 0.371 e. The summed E-state index contributed by atoms with van der Waals surface area (Å²) in [6, 6.07) is 0.793. The highest BCUT2D eigenvalue weighted by Gasteiger charge is 2.26. The molecule has 19 heavy (non-hydrogen) atoms. The number of hydrogen-bond acceptors (Lipinski definition) is 4. The summed E-state index contributed by atoms with van der Waals surface area (Å²) in [6.07, 6.45) is 0.842. The number of carbonyl (C=O) groups is 1. The fourth-order valence-electron chi connectivity index (χ4n) is 1.62. The lowest BCUT2D eigenvalue weighted by Crippen LogP contribution is -2.36. The second kappa shape index (κ2) is 5.75. The number of furan rings is 1. The average Bonchev–Trinajstić information content (AvgIpc) is 2.70. The van der Waals surface area contributed by atoms with Gasteiger partial charge < -0.3 is 9.52 Å². The average molecular weight is 289 g/mol. The molecule has 1 aromatic heterocycles. The van der Waals surface area contributed by atoms with E-state index in [1.54, 1.807) is 6.92 Å². The van der Waals surface area contributed by atoms with Crippen molar-refractivity contribution in [3.63, 3.8) is 0 Å².